The van der Waals surface area contributed by atoms with E-state index in [0.717, 1.165) is 0 Å². The summed E-state index contributed by atoms with van der Waals surface area (Å²) in [6, 6.07) is 16.2. The molecule has 6 heteroatoms. The normalized spacial score (nSPS) is 10.3. The van der Waals surface area contributed by atoms with Gasteiger partial charge in [0.2, 0.25) is 0 Å². The van der Waals surface area contributed by atoms with E-state index in [1.54, 1.807) is 37.3 Å². The maximum absolute atomic E-state index is 13.8. The summed E-state index contributed by atoms with van der Waals surface area (Å²) in [4.78, 5) is 24.6. The topological polar surface area (TPSA) is 58.2 Å². The lowest BCUT2D eigenvalue weighted by molar-refractivity contribution is 0.101. The highest BCUT2D eigenvalue weighted by Crippen LogP contribution is 2.25. The van der Waals surface area contributed by atoms with Crippen LogP contribution >= 0.6 is 0 Å². The zero-order valence-corrected chi connectivity index (χ0v) is 14.4. The average Bonchev–Trinajstić information content (AvgIpc) is 2.65. The predicted octanol–water partition coefficient (Wildman–Crippen LogP) is 4.78. The van der Waals surface area contributed by atoms with E-state index in [1.165, 1.54) is 36.4 Å². The molecule has 4 nitrogen and oxygen atoms in total. The van der Waals surface area contributed by atoms with Crippen LogP contribution in [0.3, 0.4) is 0 Å². The molecule has 3 rings (SSSR count). The van der Waals surface area contributed by atoms with Gasteiger partial charge in [-0.3, -0.25) is 9.59 Å². The number of nitrogens with one attached hydrogen (secondary N) is 2. The molecule has 27 heavy (non-hydrogen) atoms. The van der Waals surface area contributed by atoms with Crippen molar-refractivity contribution in [3.8, 4) is 0 Å². The molecule has 0 aliphatic carbocycles. The number of halogens is 2. The average molecular weight is 366 g/mol. The summed E-state index contributed by atoms with van der Waals surface area (Å²) in [6.07, 6.45) is 0. The van der Waals surface area contributed by atoms with Gasteiger partial charge in [-0.2, -0.15) is 0 Å². The number of carbonyl (C=O) groups excluding carboxylic acids is 2. The molecular formula is C21H16F2N2O2. The highest BCUT2D eigenvalue weighted by Gasteiger charge is 2.15. The lowest BCUT2D eigenvalue weighted by atomic mass is 10.1. The number of anilines is 2. The Bertz CT molecular complexity index is 941. The molecule has 3 aromatic rings. The van der Waals surface area contributed by atoms with Crippen molar-refractivity contribution < 1.29 is 18.4 Å². The van der Waals surface area contributed by atoms with Crippen molar-refractivity contribution in [3.05, 3.63) is 95.1 Å². The summed E-state index contributed by atoms with van der Waals surface area (Å²) < 4.78 is 27.5. The van der Waals surface area contributed by atoms with E-state index in [2.05, 4.69) is 10.6 Å². The molecule has 2 N–H and O–H groups in total. The van der Waals surface area contributed by atoms with E-state index in [1.807, 2.05) is 0 Å². The standard InChI is InChI=1S/C21H16F2N2O2/c1-13-18(24-20(26)14-7-2-4-9-16(14)22)11-6-12-19(13)25-21(27)15-8-3-5-10-17(15)23/h2-12H,1H3,(H,24,26)(H,25,27). The Hall–Kier alpha value is -3.54. The molecule has 0 aliphatic heterocycles. The van der Waals surface area contributed by atoms with Crippen LogP contribution in [0.25, 0.3) is 0 Å². The zero-order valence-electron chi connectivity index (χ0n) is 14.4. The van der Waals surface area contributed by atoms with Crippen LogP contribution in [0.5, 0.6) is 0 Å². The highest BCUT2D eigenvalue weighted by atomic mass is 19.1. The molecule has 0 bridgehead atoms. The summed E-state index contributed by atoms with van der Waals surface area (Å²) in [6.45, 7) is 1.69. The summed E-state index contributed by atoms with van der Waals surface area (Å²) >= 11 is 0. The predicted molar refractivity (Wildman–Crippen MR) is 99.9 cm³/mol. The first kappa shape index (κ1) is 18.3. The molecule has 136 valence electrons. The second kappa shape index (κ2) is 7.78. The van der Waals surface area contributed by atoms with Crippen molar-refractivity contribution in [1.82, 2.24) is 0 Å². The number of rotatable bonds is 4. The maximum Gasteiger partial charge on any atom is 0.258 e. The van der Waals surface area contributed by atoms with Gasteiger partial charge in [-0.25, -0.2) is 8.78 Å². The van der Waals surface area contributed by atoms with E-state index >= 15 is 0 Å². The van der Waals surface area contributed by atoms with Gasteiger partial charge in [0.25, 0.3) is 11.8 Å². The first-order chi connectivity index (χ1) is 13.0. The molecular weight excluding hydrogens is 350 g/mol. The zero-order chi connectivity index (χ0) is 19.4. The molecule has 0 aromatic heterocycles. The van der Waals surface area contributed by atoms with Gasteiger partial charge < -0.3 is 10.6 Å². The van der Waals surface area contributed by atoms with Crippen molar-refractivity contribution in [2.75, 3.05) is 10.6 Å². The second-order valence-corrected chi connectivity index (χ2v) is 5.85. The van der Waals surface area contributed by atoms with Crippen LogP contribution in [0.2, 0.25) is 0 Å². The summed E-state index contributed by atoms with van der Waals surface area (Å²) in [7, 11) is 0. The van der Waals surface area contributed by atoms with Crippen molar-refractivity contribution in [1.29, 1.82) is 0 Å². The Balaban J connectivity index is 1.82. The molecule has 0 atom stereocenters. The van der Waals surface area contributed by atoms with Gasteiger partial charge in [-0.1, -0.05) is 30.3 Å². The van der Waals surface area contributed by atoms with Gasteiger partial charge in [0.05, 0.1) is 11.1 Å². The van der Waals surface area contributed by atoms with E-state index in [4.69, 9.17) is 0 Å². The minimum atomic E-state index is -0.628. The van der Waals surface area contributed by atoms with Crippen LogP contribution in [0, 0.1) is 18.6 Å². The Morgan fingerprint density at radius 3 is 1.48 bits per heavy atom. The first-order valence-corrected chi connectivity index (χ1v) is 8.18. The lowest BCUT2D eigenvalue weighted by Gasteiger charge is -2.14. The van der Waals surface area contributed by atoms with Crippen LogP contribution < -0.4 is 10.6 Å². The molecule has 0 unspecified atom stereocenters. The quantitative estimate of drug-likeness (QED) is 0.698. The lowest BCUT2D eigenvalue weighted by Crippen LogP contribution is -2.17. The van der Waals surface area contributed by atoms with E-state index < -0.39 is 23.4 Å². The monoisotopic (exact) mass is 366 g/mol. The molecule has 2 amide bonds. The van der Waals surface area contributed by atoms with Gasteiger partial charge in [0.1, 0.15) is 11.6 Å². The van der Waals surface area contributed by atoms with Crippen molar-refractivity contribution in [2.24, 2.45) is 0 Å². The van der Waals surface area contributed by atoms with Gasteiger partial charge in [0, 0.05) is 11.4 Å². The number of hydrogen-bond donors (Lipinski definition) is 2. The molecule has 0 spiro atoms. The smallest absolute Gasteiger partial charge is 0.258 e. The number of benzene rings is 3. The maximum atomic E-state index is 13.8. The Morgan fingerprint density at radius 2 is 1.07 bits per heavy atom. The second-order valence-electron chi connectivity index (χ2n) is 5.85. The van der Waals surface area contributed by atoms with E-state index in [9.17, 15) is 18.4 Å². The molecule has 0 saturated carbocycles. The number of amides is 2. The Kier molecular flexibility index (Phi) is 5.26. The van der Waals surface area contributed by atoms with Crippen LogP contribution in [0.1, 0.15) is 26.3 Å². The van der Waals surface area contributed by atoms with Gasteiger partial charge in [0.15, 0.2) is 0 Å². The summed E-state index contributed by atoms with van der Waals surface area (Å²) in [5.74, 6) is -2.46. The van der Waals surface area contributed by atoms with E-state index in [0.29, 0.717) is 16.9 Å². The van der Waals surface area contributed by atoms with Crippen LogP contribution in [0.15, 0.2) is 66.7 Å². The van der Waals surface area contributed by atoms with Crippen LogP contribution in [-0.4, -0.2) is 11.8 Å². The molecule has 0 radical (unpaired) electrons. The fourth-order valence-electron chi connectivity index (χ4n) is 2.58. The van der Waals surface area contributed by atoms with Crippen molar-refractivity contribution in [3.63, 3.8) is 0 Å². The minimum Gasteiger partial charge on any atom is -0.322 e. The summed E-state index contributed by atoms with van der Waals surface area (Å²) in [5.41, 5.74) is 1.21. The Labute approximate surface area is 154 Å². The molecule has 0 fully saturated rings. The number of hydrogen-bond acceptors (Lipinski definition) is 2. The van der Waals surface area contributed by atoms with E-state index in [-0.39, 0.29) is 11.1 Å². The Morgan fingerprint density at radius 1 is 0.667 bits per heavy atom. The molecule has 0 saturated heterocycles. The fraction of sp³-hybridized carbons (Fsp3) is 0.0476. The van der Waals surface area contributed by atoms with Gasteiger partial charge >= 0.3 is 0 Å². The van der Waals surface area contributed by atoms with Crippen molar-refractivity contribution >= 4 is 23.2 Å². The van der Waals surface area contributed by atoms with Gasteiger partial charge in [-0.15, -0.1) is 0 Å². The minimum absolute atomic E-state index is 0.0855. The summed E-state index contributed by atoms with van der Waals surface area (Å²) in [5, 5.41) is 5.26. The highest BCUT2D eigenvalue weighted by molar-refractivity contribution is 6.07. The fourth-order valence-corrected chi connectivity index (χ4v) is 2.58. The SMILES string of the molecule is Cc1c(NC(=O)c2ccccc2F)cccc1NC(=O)c1ccccc1F. The third-order valence-corrected chi connectivity index (χ3v) is 4.07. The molecule has 0 aliphatic rings. The first-order valence-electron chi connectivity index (χ1n) is 8.18. The number of carbonyl (C=O) groups is 2. The largest absolute Gasteiger partial charge is 0.322 e. The third kappa shape index (κ3) is 4.00. The van der Waals surface area contributed by atoms with Gasteiger partial charge in [-0.05, 0) is 48.9 Å². The van der Waals surface area contributed by atoms with Crippen LogP contribution in [-0.2, 0) is 0 Å². The molecule has 0 heterocycles. The third-order valence-electron chi connectivity index (χ3n) is 4.07. The molecule has 3 aromatic carbocycles. The van der Waals surface area contributed by atoms with Crippen LogP contribution in [0.4, 0.5) is 20.2 Å². The van der Waals surface area contributed by atoms with Crippen molar-refractivity contribution in [2.45, 2.75) is 6.92 Å².